The molecule has 0 aliphatic heterocycles. The van der Waals surface area contributed by atoms with Crippen LogP contribution in [-0.2, 0) is 0 Å². The Kier molecular flexibility index (Phi) is 4.92. The molecule has 20 heavy (non-hydrogen) atoms. The predicted molar refractivity (Wildman–Crippen MR) is 78.7 cm³/mol. The van der Waals surface area contributed by atoms with Crippen LogP contribution < -0.4 is 15.7 Å². The van der Waals surface area contributed by atoms with E-state index in [2.05, 4.69) is 11.9 Å². The Balaban J connectivity index is 2.07. The number of aliphatic hydroxyl groups excluding tert-OH is 1. The van der Waals surface area contributed by atoms with E-state index in [-0.39, 0.29) is 12.2 Å². The number of fused-ring (bicyclic) bond motifs is 1. The van der Waals surface area contributed by atoms with Gasteiger partial charge in [0.15, 0.2) is 0 Å². The first-order valence-corrected chi connectivity index (χ1v) is 6.46. The molecule has 106 valence electrons. The highest BCUT2D eigenvalue weighted by atomic mass is 16.7. The van der Waals surface area contributed by atoms with Gasteiger partial charge in [-0.05, 0) is 12.1 Å². The summed E-state index contributed by atoms with van der Waals surface area (Å²) in [5.74, 6) is 0. The van der Waals surface area contributed by atoms with Gasteiger partial charge in [-0.1, -0.05) is 24.3 Å². The summed E-state index contributed by atoms with van der Waals surface area (Å²) in [5.41, 5.74) is 0.432. The Bertz CT molecular complexity index is 636. The highest BCUT2D eigenvalue weighted by Gasteiger charge is 2.07. The van der Waals surface area contributed by atoms with Crippen LogP contribution in [0.25, 0.3) is 10.9 Å². The van der Waals surface area contributed by atoms with Crippen molar-refractivity contribution in [3.8, 4) is 0 Å². The van der Waals surface area contributed by atoms with E-state index in [1.165, 1.54) is 10.8 Å². The van der Waals surface area contributed by atoms with Gasteiger partial charge in [0.1, 0.15) is 12.7 Å². The van der Waals surface area contributed by atoms with Crippen molar-refractivity contribution in [3.63, 3.8) is 0 Å². The third-order valence-electron chi connectivity index (χ3n) is 2.83. The molecule has 1 unspecified atom stereocenters. The zero-order chi connectivity index (χ0) is 14.4. The maximum Gasteiger partial charge on any atom is 0.283 e. The molecular formula is C15H18N2O3. The molecule has 2 aromatic rings. The van der Waals surface area contributed by atoms with Gasteiger partial charge in [0.05, 0.1) is 5.52 Å². The Hall–Kier alpha value is -2.11. The van der Waals surface area contributed by atoms with Crippen molar-refractivity contribution in [2.75, 3.05) is 19.7 Å². The molecule has 5 nitrogen and oxygen atoms in total. The number of benzene rings is 1. The van der Waals surface area contributed by atoms with Gasteiger partial charge in [-0.25, -0.2) is 0 Å². The van der Waals surface area contributed by atoms with Crippen LogP contribution in [0.3, 0.4) is 0 Å². The average Bonchev–Trinajstić information content (AvgIpc) is 2.46. The second-order valence-corrected chi connectivity index (χ2v) is 4.42. The highest BCUT2D eigenvalue weighted by molar-refractivity contribution is 5.78. The van der Waals surface area contributed by atoms with Crippen LogP contribution in [0.5, 0.6) is 0 Å². The number of aromatic nitrogens is 1. The molecule has 2 N–H and O–H groups in total. The fourth-order valence-corrected chi connectivity index (χ4v) is 1.87. The quantitative estimate of drug-likeness (QED) is 0.572. The van der Waals surface area contributed by atoms with Crippen LogP contribution in [0.2, 0.25) is 0 Å². The number of hydrogen-bond donors (Lipinski definition) is 2. The Morgan fingerprint density at radius 1 is 1.35 bits per heavy atom. The van der Waals surface area contributed by atoms with E-state index in [1.807, 2.05) is 18.2 Å². The van der Waals surface area contributed by atoms with Crippen molar-refractivity contribution in [3.05, 3.63) is 59.4 Å². The van der Waals surface area contributed by atoms with Crippen molar-refractivity contribution < 1.29 is 9.94 Å². The lowest BCUT2D eigenvalue weighted by Crippen LogP contribution is -2.36. The molecule has 0 bridgehead atoms. The number of para-hydroxylation sites is 1. The van der Waals surface area contributed by atoms with Crippen molar-refractivity contribution in [2.45, 2.75) is 6.10 Å². The first-order chi connectivity index (χ1) is 9.72. The fourth-order valence-electron chi connectivity index (χ4n) is 1.87. The second kappa shape index (κ2) is 6.88. The predicted octanol–water partition coefficient (Wildman–Crippen LogP) is 0.567. The number of aliphatic hydroxyl groups is 1. The fraction of sp³-hybridized carbons (Fsp3) is 0.267. The van der Waals surface area contributed by atoms with Gasteiger partial charge < -0.3 is 15.3 Å². The largest absolute Gasteiger partial charge is 0.407 e. The lowest BCUT2D eigenvalue weighted by molar-refractivity contribution is 0.0284. The third kappa shape index (κ3) is 3.46. The van der Waals surface area contributed by atoms with Crippen LogP contribution in [0, 0.1) is 0 Å². The summed E-state index contributed by atoms with van der Waals surface area (Å²) in [6.07, 6.45) is 1.02. The standard InChI is InChI=1S/C15H18N2O3/c1-2-9-16-10-13(18)11-20-17-14-6-4-3-5-12(14)7-8-15(17)19/h2-8,13,16,18H,1,9-11H2. The zero-order valence-corrected chi connectivity index (χ0v) is 11.2. The molecule has 0 radical (unpaired) electrons. The molecule has 0 saturated carbocycles. The lowest BCUT2D eigenvalue weighted by atomic mass is 10.2. The van der Waals surface area contributed by atoms with Gasteiger partial charge in [0.2, 0.25) is 0 Å². The number of hydrogen-bond acceptors (Lipinski definition) is 4. The molecule has 0 fully saturated rings. The number of pyridine rings is 1. The Morgan fingerprint density at radius 2 is 2.15 bits per heavy atom. The van der Waals surface area contributed by atoms with E-state index < -0.39 is 6.10 Å². The summed E-state index contributed by atoms with van der Waals surface area (Å²) < 4.78 is 1.21. The summed E-state index contributed by atoms with van der Waals surface area (Å²) in [7, 11) is 0. The number of nitrogens with one attached hydrogen (secondary N) is 1. The molecule has 1 heterocycles. The van der Waals surface area contributed by atoms with Crippen molar-refractivity contribution in [1.82, 2.24) is 10.0 Å². The van der Waals surface area contributed by atoms with Crippen LogP contribution in [0.15, 0.2) is 53.8 Å². The van der Waals surface area contributed by atoms with Gasteiger partial charge in [0, 0.05) is 24.5 Å². The molecule has 0 aliphatic rings. The maximum absolute atomic E-state index is 11.8. The normalized spacial score (nSPS) is 12.2. The summed E-state index contributed by atoms with van der Waals surface area (Å²) in [5, 5.41) is 13.7. The van der Waals surface area contributed by atoms with Crippen LogP contribution in [0.1, 0.15) is 0 Å². The van der Waals surface area contributed by atoms with Gasteiger partial charge in [-0.3, -0.25) is 4.79 Å². The average molecular weight is 274 g/mol. The first kappa shape index (κ1) is 14.3. The molecule has 0 amide bonds. The van der Waals surface area contributed by atoms with Gasteiger partial charge in [-0.15, -0.1) is 11.3 Å². The first-order valence-electron chi connectivity index (χ1n) is 6.46. The SMILES string of the molecule is C=CCNCC(O)COn1c(=O)ccc2ccccc21. The molecule has 1 atom stereocenters. The minimum absolute atomic E-state index is 0.0397. The topological polar surface area (TPSA) is 63.5 Å². The maximum atomic E-state index is 11.8. The molecule has 0 spiro atoms. The van der Waals surface area contributed by atoms with Crippen LogP contribution in [0.4, 0.5) is 0 Å². The van der Waals surface area contributed by atoms with E-state index in [0.29, 0.717) is 18.6 Å². The summed E-state index contributed by atoms with van der Waals surface area (Å²) in [6, 6.07) is 10.6. The smallest absolute Gasteiger partial charge is 0.283 e. The van der Waals surface area contributed by atoms with Gasteiger partial charge in [-0.2, -0.15) is 0 Å². The van der Waals surface area contributed by atoms with Crippen molar-refractivity contribution >= 4 is 10.9 Å². The third-order valence-corrected chi connectivity index (χ3v) is 2.83. The number of rotatable bonds is 7. The van der Waals surface area contributed by atoms with E-state index in [4.69, 9.17) is 4.84 Å². The molecular weight excluding hydrogens is 256 g/mol. The van der Waals surface area contributed by atoms with E-state index in [0.717, 1.165) is 5.39 Å². The minimum Gasteiger partial charge on any atom is -0.407 e. The Labute approximate surface area is 117 Å². The molecule has 2 rings (SSSR count). The molecule has 0 aliphatic carbocycles. The lowest BCUT2D eigenvalue weighted by Gasteiger charge is -2.15. The second-order valence-electron chi connectivity index (χ2n) is 4.42. The zero-order valence-electron chi connectivity index (χ0n) is 11.2. The summed E-state index contributed by atoms with van der Waals surface area (Å²) in [4.78, 5) is 17.3. The highest BCUT2D eigenvalue weighted by Crippen LogP contribution is 2.09. The minimum atomic E-state index is -0.694. The van der Waals surface area contributed by atoms with E-state index >= 15 is 0 Å². The van der Waals surface area contributed by atoms with Gasteiger partial charge >= 0.3 is 0 Å². The molecule has 0 saturated heterocycles. The van der Waals surface area contributed by atoms with E-state index in [1.54, 1.807) is 18.2 Å². The summed E-state index contributed by atoms with van der Waals surface area (Å²) >= 11 is 0. The molecule has 5 heteroatoms. The van der Waals surface area contributed by atoms with Gasteiger partial charge in [0.25, 0.3) is 5.56 Å². The monoisotopic (exact) mass is 274 g/mol. The Morgan fingerprint density at radius 3 is 2.95 bits per heavy atom. The van der Waals surface area contributed by atoms with E-state index in [9.17, 15) is 9.90 Å². The molecule has 1 aromatic heterocycles. The van der Waals surface area contributed by atoms with Crippen LogP contribution in [-0.4, -0.2) is 35.6 Å². The number of nitrogens with zero attached hydrogens (tertiary/aromatic N) is 1. The van der Waals surface area contributed by atoms with Crippen LogP contribution >= 0.6 is 0 Å². The van der Waals surface area contributed by atoms with Crippen molar-refractivity contribution in [2.24, 2.45) is 0 Å². The summed E-state index contributed by atoms with van der Waals surface area (Å²) in [6.45, 7) is 4.61. The molecule has 1 aromatic carbocycles. The van der Waals surface area contributed by atoms with Crippen molar-refractivity contribution in [1.29, 1.82) is 0 Å².